The highest BCUT2D eigenvalue weighted by Crippen LogP contribution is 2.38. The van der Waals surface area contributed by atoms with Gasteiger partial charge < -0.3 is 5.32 Å². The van der Waals surface area contributed by atoms with Crippen molar-refractivity contribution in [3.8, 4) is 0 Å². The molecule has 0 radical (unpaired) electrons. The summed E-state index contributed by atoms with van der Waals surface area (Å²) in [5.41, 5.74) is 3.80. The molecule has 1 N–H and O–H groups in total. The number of benzene rings is 2. The van der Waals surface area contributed by atoms with E-state index in [-0.39, 0.29) is 5.91 Å². The first-order valence-electron chi connectivity index (χ1n) is 5.94. The van der Waals surface area contributed by atoms with Crippen LogP contribution in [-0.2, 0) is 11.4 Å². The summed E-state index contributed by atoms with van der Waals surface area (Å²) < 4.78 is 9.18. The van der Waals surface area contributed by atoms with Gasteiger partial charge in [0.1, 0.15) is 11.4 Å². The first-order chi connectivity index (χ1) is 9.66. The molecule has 0 unspecified atom stereocenters. The molecule has 0 aromatic heterocycles. The quantitative estimate of drug-likeness (QED) is 0.715. The maximum atomic E-state index is 12.4. The lowest BCUT2D eigenvalue weighted by Crippen LogP contribution is -2.13. The Kier molecular flexibility index (Phi) is 3.50. The molecule has 3 rings (SSSR count). The number of aryl methyl sites for hydroxylation is 1. The van der Waals surface area contributed by atoms with Gasteiger partial charge in [-0.2, -0.15) is 8.73 Å². The second-order valence-electron chi connectivity index (χ2n) is 4.33. The molecule has 0 fully saturated rings. The van der Waals surface area contributed by atoms with Gasteiger partial charge in [0.15, 0.2) is 0 Å². The molecule has 0 atom stereocenters. The predicted octanol–water partition coefficient (Wildman–Crippen LogP) is 4.74. The predicted molar refractivity (Wildman–Crippen MR) is 84.8 cm³/mol. The molecule has 0 saturated carbocycles. The van der Waals surface area contributed by atoms with Crippen LogP contribution in [0.1, 0.15) is 15.9 Å². The van der Waals surface area contributed by atoms with Gasteiger partial charge >= 0.3 is 0 Å². The third kappa shape index (κ3) is 2.32. The Labute approximate surface area is 128 Å². The van der Waals surface area contributed by atoms with Gasteiger partial charge in [0.25, 0.3) is 5.91 Å². The van der Waals surface area contributed by atoms with E-state index in [9.17, 15) is 4.79 Å². The van der Waals surface area contributed by atoms with E-state index in [1.54, 1.807) is 6.07 Å². The van der Waals surface area contributed by atoms with E-state index >= 15 is 0 Å². The van der Waals surface area contributed by atoms with Gasteiger partial charge in [0.2, 0.25) is 0 Å². The van der Waals surface area contributed by atoms with Gasteiger partial charge in [-0.15, -0.1) is 0 Å². The van der Waals surface area contributed by atoms with E-state index in [2.05, 4.69) is 30.0 Å². The van der Waals surface area contributed by atoms with E-state index in [4.69, 9.17) is 0 Å². The average Bonchev–Trinajstić information content (AvgIpc) is 2.91. The number of anilines is 1. The molecule has 0 spiro atoms. The molecule has 2 aromatic carbocycles. The summed E-state index contributed by atoms with van der Waals surface area (Å²) in [6, 6.07) is 11.1. The number of rotatable bonds is 2. The number of amides is 1. The third-order valence-corrected chi connectivity index (χ3v) is 4.57. The van der Waals surface area contributed by atoms with Crippen LogP contribution in [0.4, 0.5) is 17.1 Å². The minimum Gasteiger partial charge on any atom is -0.320 e. The largest absolute Gasteiger partial charge is 0.320 e. The first-order valence-corrected chi connectivity index (χ1v) is 7.47. The molecular formula is C14H10BrN3OS. The van der Waals surface area contributed by atoms with Crippen molar-refractivity contribution in [1.29, 1.82) is 0 Å². The Morgan fingerprint density at radius 2 is 2.00 bits per heavy atom. The molecule has 0 aliphatic carbocycles. The SMILES string of the molecule is Cc1cccc(C(=O)Nc2cccc3c2N=S=N3)c1Br. The number of hydrogen-bond donors (Lipinski definition) is 1. The molecule has 0 bridgehead atoms. The van der Waals surface area contributed by atoms with Gasteiger partial charge in [-0.05, 0) is 46.6 Å². The zero-order valence-electron chi connectivity index (χ0n) is 10.6. The number of nitrogens with zero attached hydrogens (tertiary/aromatic N) is 2. The number of carbonyl (C=O) groups is 1. The maximum absolute atomic E-state index is 12.4. The minimum atomic E-state index is -0.166. The van der Waals surface area contributed by atoms with Gasteiger partial charge in [-0.1, -0.05) is 18.2 Å². The van der Waals surface area contributed by atoms with Crippen LogP contribution >= 0.6 is 15.9 Å². The minimum absolute atomic E-state index is 0.166. The van der Waals surface area contributed by atoms with Crippen molar-refractivity contribution in [1.82, 2.24) is 0 Å². The highest BCUT2D eigenvalue weighted by atomic mass is 79.9. The van der Waals surface area contributed by atoms with Crippen molar-refractivity contribution in [2.45, 2.75) is 6.92 Å². The smallest absolute Gasteiger partial charge is 0.256 e. The molecule has 100 valence electrons. The van der Waals surface area contributed by atoms with E-state index < -0.39 is 0 Å². The molecule has 2 aromatic rings. The van der Waals surface area contributed by atoms with Crippen LogP contribution in [0.5, 0.6) is 0 Å². The summed E-state index contributed by atoms with van der Waals surface area (Å²) >= 11 is 4.58. The molecular weight excluding hydrogens is 338 g/mol. The fourth-order valence-electron chi connectivity index (χ4n) is 1.92. The van der Waals surface area contributed by atoms with E-state index in [0.717, 1.165) is 32.8 Å². The van der Waals surface area contributed by atoms with Crippen molar-refractivity contribution < 1.29 is 4.79 Å². The second kappa shape index (κ2) is 5.30. The van der Waals surface area contributed by atoms with Crippen LogP contribution in [0.3, 0.4) is 0 Å². The normalized spacial score (nSPS) is 11.9. The Morgan fingerprint density at radius 1 is 1.20 bits per heavy atom. The summed E-state index contributed by atoms with van der Waals surface area (Å²) in [5, 5.41) is 2.89. The van der Waals surface area contributed by atoms with Crippen molar-refractivity contribution in [3.05, 3.63) is 52.0 Å². The van der Waals surface area contributed by atoms with E-state index in [1.165, 1.54) is 0 Å². The lowest BCUT2D eigenvalue weighted by atomic mass is 10.1. The highest BCUT2D eigenvalue weighted by molar-refractivity contribution is 9.10. The maximum Gasteiger partial charge on any atom is 0.256 e. The summed E-state index contributed by atoms with van der Waals surface area (Å²) in [6.45, 7) is 1.95. The Balaban J connectivity index is 1.93. The average molecular weight is 348 g/mol. The summed E-state index contributed by atoms with van der Waals surface area (Å²) in [4.78, 5) is 12.4. The van der Waals surface area contributed by atoms with E-state index in [0.29, 0.717) is 11.3 Å². The summed E-state index contributed by atoms with van der Waals surface area (Å²) in [7, 11) is 0. The highest BCUT2D eigenvalue weighted by Gasteiger charge is 2.15. The molecule has 1 aliphatic heterocycles. The van der Waals surface area contributed by atoms with Gasteiger partial charge in [0, 0.05) is 4.47 Å². The van der Waals surface area contributed by atoms with Crippen LogP contribution in [0.15, 0.2) is 49.6 Å². The number of hydrogen-bond acceptors (Lipinski definition) is 3. The standard InChI is InChI=1S/C14H10BrN3OS/c1-8-4-2-5-9(12(8)15)14(19)16-10-6-3-7-11-13(10)18-20-17-11/h2-7H,1H3,(H,16,19). The van der Waals surface area contributed by atoms with Crippen LogP contribution in [0, 0.1) is 6.92 Å². The molecule has 20 heavy (non-hydrogen) atoms. The number of fused-ring (bicyclic) bond motifs is 1. The van der Waals surface area contributed by atoms with Crippen molar-refractivity contribution in [2.24, 2.45) is 8.73 Å². The van der Waals surface area contributed by atoms with Crippen LogP contribution in [0.2, 0.25) is 0 Å². The number of nitrogens with one attached hydrogen (secondary N) is 1. The Bertz CT molecular complexity index is 782. The monoisotopic (exact) mass is 347 g/mol. The fraction of sp³-hybridized carbons (Fsp3) is 0.0714. The Hall–Kier alpha value is -1.79. The number of halogens is 1. The molecule has 6 heteroatoms. The van der Waals surface area contributed by atoms with Gasteiger partial charge in [-0.3, -0.25) is 4.79 Å². The topological polar surface area (TPSA) is 53.8 Å². The molecule has 1 amide bonds. The lowest BCUT2D eigenvalue weighted by molar-refractivity contribution is 0.102. The molecule has 4 nitrogen and oxygen atoms in total. The Morgan fingerprint density at radius 3 is 2.85 bits per heavy atom. The zero-order valence-corrected chi connectivity index (χ0v) is 13.0. The van der Waals surface area contributed by atoms with Crippen LogP contribution < -0.4 is 5.32 Å². The van der Waals surface area contributed by atoms with Gasteiger partial charge in [-0.25, -0.2) is 0 Å². The lowest BCUT2D eigenvalue weighted by Gasteiger charge is -2.10. The number of carbonyl (C=O) groups excluding carboxylic acids is 1. The molecule has 1 heterocycles. The summed E-state index contributed by atoms with van der Waals surface area (Å²) in [6.07, 6.45) is 0. The zero-order chi connectivity index (χ0) is 14.1. The van der Waals surface area contributed by atoms with Crippen molar-refractivity contribution >= 4 is 50.3 Å². The summed E-state index contributed by atoms with van der Waals surface area (Å²) in [5.74, 6) is -0.166. The van der Waals surface area contributed by atoms with Crippen molar-refractivity contribution in [3.63, 3.8) is 0 Å². The van der Waals surface area contributed by atoms with Crippen LogP contribution in [-0.4, -0.2) is 5.91 Å². The first kappa shape index (κ1) is 13.2. The fourth-order valence-corrected chi connectivity index (χ4v) is 2.91. The van der Waals surface area contributed by atoms with Crippen molar-refractivity contribution in [2.75, 3.05) is 5.32 Å². The second-order valence-corrected chi connectivity index (χ2v) is 5.65. The van der Waals surface area contributed by atoms with Crippen LogP contribution in [0.25, 0.3) is 0 Å². The molecule has 1 aliphatic rings. The van der Waals surface area contributed by atoms with E-state index in [1.807, 2.05) is 37.3 Å². The third-order valence-electron chi connectivity index (χ3n) is 2.97. The molecule has 0 saturated heterocycles. The van der Waals surface area contributed by atoms with Gasteiger partial charge in [0.05, 0.1) is 22.6 Å².